The quantitative estimate of drug-likeness (QED) is 0.407. The van der Waals surface area contributed by atoms with Gasteiger partial charge in [0.15, 0.2) is 5.96 Å². The number of hydrogen-bond acceptors (Lipinski definition) is 4. The topological polar surface area (TPSA) is 71.7 Å². The lowest BCUT2D eigenvalue weighted by atomic mass is 9.83. The fourth-order valence-corrected chi connectivity index (χ4v) is 3.73. The normalized spacial score (nSPS) is 17.0. The third-order valence-corrected chi connectivity index (χ3v) is 5.35. The van der Waals surface area contributed by atoms with Gasteiger partial charge < -0.3 is 19.9 Å². The van der Waals surface area contributed by atoms with Crippen molar-refractivity contribution in [3.8, 4) is 0 Å². The minimum atomic E-state index is 0.356. The first-order valence-corrected chi connectivity index (χ1v) is 9.54. The van der Waals surface area contributed by atoms with Gasteiger partial charge in [-0.15, -0.1) is 0 Å². The summed E-state index contributed by atoms with van der Waals surface area (Å²) < 4.78 is 10.8. The second kappa shape index (κ2) is 9.80. The van der Waals surface area contributed by atoms with Crippen LogP contribution in [0.2, 0.25) is 0 Å². The summed E-state index contributed by atoms with van der Waals surface area (Å²) in [7, 11) is 1.83. The molecule has 0 aromatic carbocycles. The molecule has 1 heterocycles. The Morgan fingerprint density at radius 2 is 2.04 bits per heavy atom. The van der Waals surface area contributed by atoms with Crippen molar-refractivity contribution in [3.63, 3.8) is 0 Å². The van der Waals surface area contributed by atoms with Gasteiger partial charge in [-0.1, -0.05) is 18.0 Å². The maximum absolute atomic E-state index is 5.59. The van der Waals surface area contributed by atoms with E-state index in [1.165, 1.54) is 31.2 Å². The Labute approximate surface area is 151 Å². The van der Waals surface area contributed by atoms with Crippen LogP contribution in [-0.2, 0) is 11.2 Å². The predicted molar refractivity (Wildman–Crippen MR) is 101 cm³/mol. The van der Waals surface area contributed by atoms with Gasteiger partial charge >= 0.3 is 0 Å². The average Bonchev–Trinajstić information content (AvgIpc) is 3.20. The molecule has 0 bridgehead atoms. The number of aryl methyl sites for hydroxylation is 2. The van der Waals surface area contributed by atoms with Crippen molar-refractivity contribution in [2.24, 2.45) is 10.4 Å². The molecule has 0 atom stereocenters. The number of nitrogens with one attached hydrogen (secondary N) is 2. The molecule has 0 aliphatic heterocycles. The van der Waals surface area contributed by atoms with E-state index in [0.29, 0.717) is 5.41 Å². The summed E-state index contributed by atoms with van der Waals surface area (Å²) in [5, 5.41) is 10.9. The van der Waals surface area contributed by atoms with Gasteiger partial charge in [0, 0.05) is 38.9 Å². The highest BCUT2D eigenvalue weighted by molar-refractivity contribution is 5.79. The van der Waals surface area contributed by atoms with Gasteiger partial charge in [0.25, 0.3) is 0 Å². The third-order valence-electron chi connectivity index (χ3n) is 5.35. The van der Waals surface area contributed by atoms with Crippen LogP contribution in [0.15, 0.2) is 9.52 Å². The van der Waals surface area contributed by atoms with Crippen LogP contribution in [0.25, 0.3) is 0 Å². The van der Waals surface area contributed by atoms with Gasteiger partial charge in [0.1, 0.15) is 5.76 Å². The summed E-state index contributed by atoms with van der Waals surface area (Å²) in [4.78, 5) is 4.36. The van der Waals surface area contributed by atoms with Crippen molar-refractivity contribution < 1.29 is 9.26 Å². The van der Waals surface area contributed by atoms with E-state index in [0.717, 1.165) is 56.6 Å². The van der Waals surface area contributed by atoms with Crippen LogP contribution < -0.4 is 10.6 Å². The van der Waals surface area contributed by atoms with Crippen LogP contribution in [0.3, 0.4) is 0 Å². The monoisotopic (exact) mass is 350 g/mol. The summed E-state index contributed by atoms with van der Waals surface area (Å²) in [6.07, 6.45) is 7.23. The molecule has 2 N–H and O–H groups in total. The number of hydrogen-bond donors (Lipinski definition) is 2. The molecule has 6 heteroatoms. The van der Waals surface area contributed by atoms with Gasteiger partial charge in [0.05, 0.1) is 5.69 Å². The molecule has 0 radical (unpaired) electrons. The highest BCUT2D eigenvalue weighted by Gasteiger charge is 2.33. The number of nitrogens with zero attached hydrogens (tertiary/aromatic N) is 2. The van der Waals surface area contributed by atoms with Gasteiger partial charge in [-0.3, -0.25) is 4.99 Å². The van der Waals surface area contributed by atoms with E-state index in [-0.39, 0.29) is 0 Å². The molecular formula is C19H34N4O2. The zero-order valence-electron chi connectivity index (χ0n) is 16.3. The van der Waals surface area contributed by atoms with Gasteiger partial charge in [-0.25, -0.2) is 0 Å². The molecular weight excluding hydrogens is 316 g/mol. The summed E-state index contributed by atoms with van der Waals surface area (Å²) in [5.74, 6) is 1.78. The maximum atomic E-state index is 5.59. The number of rotatable bonds is 9. The summed E-state index contributed by atoms with van der Waals surface area (Å²) in [6, 6.07) is 0. The molecule has 1 aromatic rings. The fourth-order valence-electron chi connectivity index (χ4n) is 3.73. The number of ether oxygens (including phenoxy) is 1. The largest absolute Gasteiger partial charge is 0.382 e. The first-order valence-electron chi connectivity index (χ1n) is 9.54. The Kier molecular flexibility index (Phi) is 7.75. The first-order chi connectivity index (χ1) is 12.1. The van der Waals surface area contributed by atoms with E-state index >= 15 is 0 Å². The van der Waals surface area contributed by atoms with E-state index in [9.17, 15) is 0 Å². The van der Waals surface area contributed by atoms with Crippen LogP contribution >= 0.6 is 0 Å². The van der Waals surface area contributed by atoms with Crippen LogP contribution in [0.4, 0.5) is 0 Å². The minimum absolute atomic E-state index is 0.356. The SMILES string of the molecule is CCOCCC1(CNC(=NC)NCCc2c(C)noc2C)CCCC1. The average molecular weight is 351 g/mol. The molecule has 1 aliphatic carbocycles. The molecule has 0 unspecified atom stereocenters. The van der Waals surface area contributed by atoms with E-state index in [2.05, 4.69) is 27.7 Å². The van der Waals surface area contributed by atoms with Crippen LogP contribution in [-0.4, -0.2) is 44.5 Å². The molecule has 2 rings (SSSR count). The van der Waals surface area contributed by atoms with E-state index in [1.807, 2.05) is 20.9 Å². The molecule has 6 nitrogen and oxygen atoms in total. The lowest BCUT2D eigenvalue weighted by Gasteiger charge is -2.30. The molecule has 1 aromatic heterocycles. The lowest BCUT2D eigenvalue weighted by molar-refractivity contribution is 0.105. The van der Waals surface area contributed by atoms with Gasteiger partial charge in [-0.05, 0) is 51.9 Å². The molecule has 0 saturated heterocycles. The minimum Gasteiger partial charge on any atom is -0.382 e. The highest BCUT2D eigenvalue weighted by Crippen LogP contribution is 2.40. The van der Waals surface area contributed by atoms with Crippen LogP contribution in [0.5, 0.6) is 0 Å². The van der Waals surface area contributed by atoms with Crippen molar-refractivity contribution in [1.82, 2.24) is 15.8 Å². The molecule has 25 heavy (non-hydrogen) atoms. The Hall–Kier alpha value is -1.56. The predicted octanol–water partition coefficient (Wildman–Crippen LogP) is 2.99. The van der Waals surface area contributed by atoms with Crippen LogP contribution in [0.1, 0.15) is 56.0 Å². The molecule has 0 amide bonds. The zero-order valence-corrected chi connectivity index (χ0v) is 16.3. The summed E-state index contributed by atoms with van der Waals surface area (Å²) in [5.41, 5.74) is 2.52. The molecule has 1 saturated carbocycles. The number of aliphatic imine (C=N–C) groups is 1. The number of guanidine groups is 1. The van der Waals surface area contributed by atoms with Crippen molar-refractivity contribution in [2.45, 2.75) is 59.3 Å². The molecule has 142 valence electrons. The van der Waals surface area contributed by atoms with E-state index in [1.54, 1.807) is 0 Å². The van der Waals surface area contributed by atoms with E-state index < -0.39 is 0 Å². The Morgan fingerprint density at radius 3 is 2.64 bits per heavy atom. The van der Waals surface area contributed by atoms with Crippen molar-refractivity contribution in [1.29, 1.82) is 0 Å². The van der Waals surface area contributed by atoms with E-state index in [4.69, 9.17) is 9.26 Å². The van der Waals surface area contributed by atoms with Crippen LogP contribution in [0, 0.1) is 19.3 Å². The Bertz CT molecular complexity index is 528. The molecule has 0 spiro atoms. The lowest BCUT2D eigenvalue weighted by Crippen LogP contribution is -2.44. The highest BCUT2D eigenvalue weighted by atomic mass is 16.5. The third kappa shape index (κ3) is 5.73. The maximum Gasteiger partial charge on any atom is 0.191 e. The number of aromatic nitrogens is 1. The smallest absolute Gasteiger partial charge is 0.191 e. The molecule has 1 aliphatic rings. The van der Waals surface area contributed by atoms with Gasteiger partial charge in [-0.2, -0.15) is 0 Å². The second-order valence-electron chi connectivity index (χ2n) is 7.06. The summed E-state index contributed by atoms with van der Waals surface area (Å²) in [6.45, 7) is 9.44. The van der Waals surface area contributed by atoms with Crippen molar-refractivity contribution in [2.75, 3.05) is 33.4 Å². The van der Waals surface area contributed by atoms with Crippen molar-refractivity contribution >= 4 is 5.96 Å². The summed E-state index contributed by atoms with van der Waals surface area (Å²) >= 11 is 0. The van der Waals surface area contributed by atoms with Gasteiger partial charge in [0.2, 0.25) is 0 Å². The molecule has 1 fully saturated rings. The Morgan fingerprint density at radius 1 is 1.28 bits per heavy atom. The Balaban J connectivity index is 1.78. The fraction of sp³-hybridized carbons (Fsp3) is 0.789. The first kappa shape index (κ1) is 19.8. The standard InChI is InChI=1S/C19H34N4O2/c1-5-24-13-11-19(9-6-7-10-19)14-22-18(20-4)21-12-8-17-15(2)23-25-16(17)3/h5-14H2,1-4H3,(H2,20,21,22). The zero-order chi connectivity index (χ0) is 18.1. The van der Waals surface area contributed by atoms with Crippen molar-refractivity contribution in [3.05, 3.63) is 17.0 Å². The second-order valence-corrected chi connectivity index (χ2v) is 7.06.